The summed E-state index contributed by atoms with van der Waals surface area (Å²) >= 11 is 0. The van der Waals surface area contributed by atoms with Crippen molar-refractivity contribution in [3.05, 3.63) is 72.4 Å². The molecule has 4 heterocycles. The van der Waals surface area contributed by atoms with E-state index < -0.39 is 6.04 Å². The van der Waals surface area contributed by atoms with Crippen molar-refractivity contribution in [3.8, 4) is 23.1 Å². The maximum atomic E-state index is 12.7. The molecule has 180 valence electrons. The zero-order valence-electron chi connectivity index (χ0n) is 19.5. The van der Waals surface area contributed by atoms with Crippen molar-refractivity contribution >= 4 is 29.0 Å². The molecule has 10 heteroatoms. The average Bonchev–Trinajstić information content (AvgIpc) is 3.30. The molecule has 3 aromatic heterocycles. The monoisotopic (exact) mass is 481 g/mol. The van der Waals surface area contributed by atoms with Gasteiger partial charge < -0.3 is 20.7 Å². The van der Waals surface area contributed by atoms with Crippen LogP contribution in [-0.2, 0) is 9.53 Å². The standard InChI is InChI=1S/C26H23N7O3/c1-2-6-21(34)32-13-14-36-16-19(32)25-31-22(23-24(27)29-11-12-33(23)25)18-9-10-28-20(15-18)30-26(35)17-7-4-3-5-8-17/h3-5,7-12,15,19H,13-14,16H2,1H3,(H2,27,29)(H,28,30,35)/t19-/m0/s1. The summed E-state index contributed by atoms with van der Waals surface area (Å²) < 4.78 is 7.51. The Bertz CT molecular complexity index is 1500. The molecule has 5 rings (SSSR count). The fraction of sp³-hybridized carbons (Fsp3) is 0.192. The van der Waals surface area contributed by atoms with Gasteiger partial charge in [-0.25, -0.2) is 15.0 Å². The first kappa shape index (κ1) is 23.0. The number of pyridine rings is 1. The van der Waals surface area contributed by atoms with Gasteiger partial charge in [0, 0.05) is 36.3 Å². The molecular weight excluding hydrogens is 458 g/mol. The molecule has 0 unspecified atom stereocenters. The SMILES string of the molecule is CC#CC(=O)N1CCOC[C@H]1c1nc(-c2ccnc(NC(=O)c3ccccc3)c2)c2c(N)nccn12. The van der Waals surface area contributed by atoms with Gasteiger partial charge in [0.15, 0.2) is 0 Å². The second-order valence-electron chi connectivity index (χ2n) is 8.06. The maximum absolute atomic E-state index is 12.7. The van der Waals surface area contributed by atoms with Gasteiger partial charge in [-0.2, -0.15) is 0 Å². The predicted molar refractivity (Wildman–Crippen MR) is 134 cm³/mol. The van der Waals surface area contributed by atoms with Gasteiger partial charge in [-0.1, -0.05) is 24.1 Å². The quantitative estimate of drug-likeness (QED) is 0.429. The van der Waals surface area contributed by atoms with Crippen molar-refractivity contribution in [1.82, 2.24) is 24.3 Å². The van der Waals surface area contributed by atoms with E-state index in [1.807, 2.05) is 10.5 Å². The topological polar surface area (TPSA) is 128 Å². The van der Waals surface area contributed by atoms with Gasteiger partial charge in [-0.05, 0) is 37.1 Å². The number of rotatable bonds is 4. The lowest BCUT2D eigenvalue weighted by molar-refractivity contribution is -0.134. The molecule has 1 fully saturated rings. The summed E-state index contributed by atoms with van der Waals surface area (Å²) in [5.74, 6) is 5.93. The summed E-state index contributed by atoms with van der Waals surface area (Å²) in [5, 5.41) is 2.82. The molecular formula is C26H23N7O3. The molecule has 0 bridgehead atoms. The van der Waals surface area contributed by atoms with E-state index in [0.29, 0.717) is 47.1 Å². The smallest absolute Gasteiger partial charge is 0.299 e. The molecule has 1 aromatic carbocycles. The number of benzene rings is 1. The highest BCUT2D eigenvalue weighted by Crippen LogP contribution is 2.33. The number of carbonyl (C=O) groups is 2. The maximum Gasteiger partial charge on any atom is 0.299 e. The number of hydrogen-bond acceptors (Lipinski definition) is 7. The Morgan fingerprint density at radius 3 is 2.81 bits per heavy atom. The van der Waals surface area contributed by atoms with Crippen LogP contribution in [0.1, 0.15) is 29.1 Å². The Hall–Kier alpha value is -4.75. The number of amides is 2. The van der Waals surface area contributed by atoms with E-state index in [-0.39, 0.29) is 24.2 Å². The molecule has 0 spiro atoms. The van der Waals surface area contributed by atoms with Crippen molar-refractivity contribution in [3.63, 3.8) is 0 Å². The van der Waals surface area contributed by atoms with Crippen LogP contribution >= 0.6 is 0 Å². The molecule has 3 N–H and O–H groups in total. The van der Waals surface area contributed by atoms with E-state index in [9.17, 15) is 9.59 Å². The minimum atomic E-state index is -0.464. The molecule has 4 aromatic rings. The van der Waals surface area contributed by atoms with Crippen molar-refractivity contribution in [2.45, 2.75) is 13.0 Å². The van der Waals surface area contributed by atoms with E-state index in [1.54, 1.807) is 66.8 Å². The zero-order chi connectivity index (χ0) is 25.1. The summed E-state index contributed by atoms with van der Waals surface area (Å²) in [5.41, 5.74) is 8.61. The number of ether oxygens (including phenoxy) is 1. The second kappa shape index (κ2) is 9.85. The van der Waals surface area contributed by atoms with Crippen molar-refractivity contribution in [2.24, 2.45) is 0 Å². The summed E-state index contributed by atoms with van der Waals surface area (Å²) in [4.78, 5) is 40.4. The first-order chi connectivity index (χ1) is 17.6. The zero-order valence-corrected chi connectivity index (χ0v) is 19.5. The third kappa shape index (κ3) is 4.35. The van der Waals surface area contributed by atoms with E-state index >= 15 is 0 Å². The van der Waals surface area contributed by atoms with E-state index in [1.165, 1.54) is 0 Å². The highest BCUT2D eigenvalue weighted by atomic mass is 16.5. The third-order valence-corrected chi connectivity index (χ3v) is 5.84. The Labute approximate surface area is 207 Å². The lowest BCUT2D eigenvalue weighted by Crippen LogP contribution is -2.43. The molecule has 0 aliphatic carbocycles. The number of imidazole rings is 1. The number of fused-ring (bicyclic) bond motifs is 1. The lowest BCUT2D eigenvalue weighted by atomic mass is 10.1. The second-order valence-corrected chi connectivity index (χ2v) is 8.06. The van der Waals surface area contributed by atoms with Gasteiger partial charge in [-0.15, -0.1) is 0 Å². The van der Waals surface area contributed by atoms with Crippen LogP contribution in [0.3, 0.4) is 0 Å². The predicted octanol–water partition coefficient (Wildman–Crippen LogP) is 2.55. The largest absolute Gasteiger partial charge is 0.382 e. The van der Waals surface area contributed by atoms with Crippen molar-refractivity contribution in [2.75, 3.05) is 30.8 Å². The fourth-order valence-corrected chi connectivity index (χ4v) is 4.19. The summed E-state index contributed by atoms with van der Waals surface area (Å²) in [7, 11) is 0. The first-order valence-electron chi connectivity index (χ1n) is 11.3. The minimum Gasteiger partial charge on any atom is -0.382 e. The lowest BCUT2D eigenvalue weighted by Gasteiger charge is -2.33. The number of nitrogens with zero attached hydrogens (tertiary/aromatic N) is 5. The normalized spacial score (nSPS) is 15.2. The molecule has 36 heavy (non-hydrogen) atoms. The number of morpholine rings is 1. The Morgan fingerprint density at radius 1 is 1.17 bits per heavy atom. The van der Waals surface area contributed by atoms with Crippen LogP contribution in [0.4, 0.5) is 11.6 Å². The highest BCUT2D eigenvalue weighted by molar-refractivity contribution is 6.04. The molecule has 1 atom stereocenters. The van der Waals surface area contributed by atoms with Crippen LogP contribution in [0.15, 0.2) is 61.1 Å². The Balaban J connectivity index is 1.56. The number of nitrogen functional groups attached to an aromatic ring is 1. The van der Waals surface area contributed by atoms with Gasteiger partial charge in [-0.3, -0.25) is 14.0 Å². The molecule has 2 amide bonds. The van der Waals surface area contributed by atoms with Gasteiger partial charge in [0.25, 0.3) is 11.8 Å². The third-order valence-electron chi connectivity index (χ3n) is 5.84. The Morgan fingerprint density at radius 2 is 2.00 bits per heavy atom. The van der Waals surface area contributed by atoms with Crippen LogP contribution in [0, 0.1) is 11.8 Å². The van der Waals surface area contributed by atoms with Gasteiger partial charge in [0.05, 0.1) is 13.2 Å². The molecule has 1 saturated heterocycles. The molecule has 1 aliphatic rings. The number of aromatic nitrogens is 4. The van der Waals surface area contributed by atoms with Gasteiger partial charge in [0.1, 0.15) is 34.7 Å². The van der Waals surface area contributed by atoms with Crippen molar-refractivity contribution in [1.29, 1.82) is 0 Å². The Kier molecular flexibility index (Phi) is 6.30. The van der Waals surface area contributed by atoms with E-state index in [2.05, 4.69) is 27.1 Å². The average molecular weight is 482 g/mol. The van der Waals surface area contributed by atoms with E-state index in [4.69, 9.17) is 15.5 Å². The molecule has 0 saturated carbocycles. The molecule has 10 nitrogen and oxygen atoms in total. The highest BCUT2D eigenvalue weighted by Gasteiger charge is 2.32. The summed E-state index contributed by atoms with van der Waals surface area (Å²) in [6.07, 6.45) is 4.92. The minimum absolute atomic E-state index is 0.270. The molecule has 1 aliphatic heterocycles. The van der Waals surface area contributed by atoms with Crippen LogP contribution < -0.4 is 11.1 Å². The number of nitrogens with two attached hydrogens (primary N) is 1. The fourth-order valence-electron chi connectivity index (χ4n) is 4.19. The number of carbonyl (C=O) groups excluding carboxylic acids is 2. The van der Waals surface area contributed by atoms with Crippen LogP contribution in [0.2, 0.25) is 0 Å². The van der Waals surface area contributed by atoms with Crippen molar-refractivity contribution < 1.29 is 14.3 Å². The summed E-state index contributed by atoms with van der Waals surface area (Å²) in [6, 6.07) is 11.9. The molecule has 0 radical (unpaired) electrons. The summed E-state index contributed by atoms with van der Waals surface area (Å²) in [6.45, 7) is 2.71. The van der Waals surface area contributed by atoms with Crippen LogP contribution in [0.25, 0.3) is 16.8 Å². The van der Waals surface area contributed by atoms with Crippen LogP contribution in [0.5, 0.6) is 0 Å². The number of nitrogens with one attached hydrogen (secondary N) is 1. The van der Waals surface area contributed by atoms with Gasteiger partial charge >= 0.3 is 0 Å². The van der Waals surface area contributed by atoms with Crippen LogP contribution in [-0.4, -0.2) is 55.8 Å². The van der Waals surface area contributed by atoms with Gasteiger partial charge in [0.2, 0.25) is 0 Å². The first-order valence-corrected chi connectivity index (χ1v) is 11.3. The number of anilines is 2. The number of hydrogen-bond donors (Lipinski definition) is 2. The van der Waals surface area contributed by atoms with E-state index in [0.717, 1.165) is 0 Å².